The molecule has 4 heterocycles. The minimum atomic E-state index is -2.77. The first-order valence-corrected chi connectivity index (χ1v) is 10.4. The van der Waals surface area contributed by atoms with Crippen molar-refractivity contribution in [3.05, 3.63) is 77.2 Å². The fraction of sp³-hybridized carbons (Fsp3) is 0.0952. The van der Waals surface area contributed by atoms with E-state index >= 15 is 0 Å². The van der Waals surface area contributed by atoms with Crippen molar-refractivity contribution >= 4 is 32.8 Å². The highest BCUT2D eigenvalue weighted by Gasteiger charge is 2.22. The van der Waals surface area contributed by atoms with Gasteiger partial charge in [-0.25, -0.2) is 37.8 Å². The summed E-state index contributed by atoms with van der Waals surface area (Å²) in [5.74, 6) is -0.743. The monoisotopic (exact) mass is 514 g/mol. The van der Waals surface area contributed by atoms with Crippen LogP contribution in [-0.2, 0) is 6.54 Å². The average molecular weight is 515 g/mol. The predicted molar refractivity (Wildman–Crippen MR) is 118 cm³/mol. The molecule has 0 radical (unpaired) electrons. The summed E-state index contributed by atoms with van der Waals surface area (Å²) in [5.41, 5.74) is 8.79. The van der Waals surface area contributed by atoms with Crippen LogP contribution in [0.3, 0.4) is 0 Å². The van der Waals surface area contributed by atoms with Gasteiger partial charge in [-0.15, -0.1) is 0 Å². The van der Waals surface area contributed by atoms with Crippen LogP contribution in [0.15, 0.2) is 60.0 Å². The number of alkyl halides is 2. The summed E-state index contributed by atoms with van der Waals surface area (Å²) < 4.78 is 43.8. The molecule has 5 aromatic rings. The Morgan fingerprint density at radius 3 is 2.52 bits per heavy atom. The maximum absolute atomic E-state index is 14.1. The minimum absolute atomic E-state index is 0.217. The topological polar surface area (TPSA) is 100 Å². The summed E-state index contributed by atoms with van der Waals surface area (Å²) in [6.45, 7) is 0.317. The number of para-hydroxylation sites is 1. The zero-order valence-electron chi connectivity index (χ0n) is 16.7. The van der Waals surface area contributed by atoms with Crippen LogP contribution < -0.4 is 5.73 Å². The van der Waals surface area contributed by atoms with E-state index < -0.39 is 18.1 Å². The molecule has 2 N–H and O–H groups in total. The highest BCUT2D eigenvalue weighted by atomic mass is 79.9. The van der Waals surface area contributed by atoms with E-state index in [9.17, 15) is 13.2 Å². The third kappa shape index (κ3) is 3.71. The van der Waals surface area contributed by atoms with Gasteiger partial charge in [0, 0.05) is 35.3 Å². The van der Waals surface area contributed by atoms with Gasteiger partial charge >= 0.3 is 0 Å². The summed E-state index contributed by atoms with van der Waals surface area (Å²) in [6.07, 6.45) is 4.51. The van der Waals surface area contributed by atoms with Gasteiger partial charge in [-0.1, -0.05) is 12.1 Å². The molecule has 4 aromatic heterocycles. The molecule has 0 bridgehead atoms. The second kappa shape index (κ2) is 8.28. The summed E-state index contributed by atoms with van der Waals surface area (Å²) >= 11 is 3.58. The first kappa shape index (κ1) is 21.1. The first-order chi connectivity index (χ1) is 15.9. The smallest absolute Gasteiger partial charge is 0.297 e. The Bertz CT molecular complexity index is 1460. The summed E-state index contributed by atoms with van der Waals surface area (Å²) in [6, 6.07) is 6.32. The summed E-state index contributed by atoms with van der Waals surface area (Å²) in [5, 5.41) is 4.79. The lowest BCUT2D eigenvalue weighted by Crippen LogP contribution is -2.02. The van der Waals surface area contributed by atoms with E-state index in [0.717, 1.165) is 5.56 Å². The molecule has 0 amide bonds. The number of nitrogens with zero attached hydrogens (tertiary/aromatic N) is 7. The van der Waals surface area contributed by atoms with Crippen LogP contribution in [0.2, 0.25) is 0 Å². The Labute approximate surface area is 193 Å². The fourth-order valence-electron chi connectivity index (χ4n) is 3.55. The number of benzene rings is 1. The highest BCUT2D eigenvalue weighted by Crippen LogP contribution is 2.39. The summed E-state index contributed by atoms with van der Waals surface area (Å²) in [7, 11) is 0. The lowest BCUT2D eigenvalue weighted by Gasteiger charge is -2.06. The van der Waals surface area contributed by atoms with Crippen molar-refractivity contribution in [3.8, 4) is 16.8 Å². The molecule has 0 saturated carbocycles. The number of halogens is 4. The molecule has 166 valence electrons. The number of anilines is 1. The molecule has 8 nitrogen and oxygen atoms in total. The molecule has 5 rings (SSSR count). The van der Waals surface area contributed by atoms with Crippen molar-refractivity contribution in [3.63, 3.8) is 0 Å². The molecular weight excluding hydrogens is 501 g/mol. The summed E-state index contributed by atoms with van der Waals surface area (Å²) in [4.78, 5) is 15.9. The first-order valence-electron chi connectivity index (χ1n) is 9.61. The van der Waals surface area contributed by atoms with Gasteiger partial charge in [-0.05, 0) is 28.1 Å². The SMILES string of the molecule is Nc1ncnc2c1c(-c1cnc(C(F)F)nc1)c(Br)n2Cc1cnn(-c2ccccc2F)c1. The standard InChI is InChI=1S/C21H14BrF3N8/c22-17-15(12-6-27-20(18(24)25)28-7-12)16-19(26)29-10-30-21(16)32(17)8-11-5-31-33(9-11)14-4-2-1-3-13(14)23/h1-7,9-10,18H,8H2,(H2,26,29,30). The molecule has 0 spiro atoms. The Balaban J connectivity index is 1.60. The van der Waals surface area contributed by atoms with E-state index in [2.05, 4.69) is 41.0 Å². The van der Waals surface area contributed by atoms with Crippen LogP contribution in [0.25, 0.3) is 27.8 Å². The molecule has 0 aliphatic heterocycles. The molecule has 0 aliphatic carbocycles. The van der Waals surface area contributed by atoms with Crippen molar-refractivity contribution in [2.24, 2.45) is 0 Å². The number of fused-ring (bicyclic) bond motifs is 1. The number of hydrogen-bond donors (Lipinski definition) is 1. The predicted octanol–water partition coefficient (Wildman–Crippen LogP) is 4.54. The second-order valence-electron chi connectivity index (χ2n) is 7.08. The van der Waals surface area contributed by atoms with Crippen LogP contribution in [0.1, 0.15) is 17.8 Å². The van der Waals surface area contributed by atoms with Crippen LogP contribution in [0, 0.1) is 5.82 Å². The van der Waals surface area contributed by atoms with Gasteiger partial charge in [-0.3, -0.25) is 0 Å². The lowest BCUT2D eigenvalue weighted by molar-refractivity contribution is 0.140. The van der Waals surface area contributed by atoms with E-state index in [1.807, 2.05) is 4.57 Å². The molecule has 33 heavy (non-hydrogen) atoms. The van der Waals surface area contributed by atoms with Crippen molar-refractivity contribution in [2.45, 2.75) is 13.0 Å². The third-order valence-electron chi connectivity index (χ3n) is 5.04. The fourth-order valence-corrected chi connectivity index (χ4v) is 4.27. The van der Waals surface area contributed by atoms with Crippen LogP contribution in [0.5, 0.6) is 0 Å². The maximum atomic E-state index is 14.1. The normalized spacial score (nSPS) is 11.5. The van der Waals surface area contributed by atoms with Gasteiger partial charge in [0.05, 0.1) is 22.7 Å². The Morgan fingerprint density at radius 1 is 1.03 bits per heavy atom. The molecule has 0 fully saturated rings. The molecule has 0 unspecified atom stereocenters. The molecule has 12 heteroatoms. The highest BCUT2D eigenvalue weighted by molar-refractivity contribution is 9.10. The molecular formula is C21H14BrF3N8. The number of nitrogen functional groups attached to an aromatic ring is 1. The Morgan fingerprint density at radius 2 is 1.79 bits per heavy atom. The van der Waals surface area contributed by atoms with E-state index in [1.165, 1.54) is 29.5 Å². The Kier molecular flexibility index (Phi) is 5.29. The van der Waals surface area contributed by atoms with Crippen LogP contribution in [-0.4, -0.2) is 34.3 Å². The van der Waals surface area contributed by atoms with Gasteiger partial charge in [-0.2, -0.15) is 5.10 Å². The Hall–Kier alpha value is -3.80. The zero-order chi connectivity index (χ0) is 23.1. The van der Waals surface area contributed by atoms with Gasteiger partial charge in [0.1, 0.15) is 29.3 Å². The number of hydrogen-bond acceptors (Lipinski definition) is 6. The maximum Gasteiger partial charge on any atom is 0.297 e. The van der Waals surface area contributed by atoms with Crippen LogP contribution >= 0.6 is 15.9 Å². The average Bonchev–Trinajstić information content (AvgIpc) is 3.38. The van der Waals surface area contributed by atoms with E-state index in [1.54, 1.807) is 30.6 Å². The van der Waals surface area contributed by atoms with Gasteiger partial charge in [0.2, 0.25) is 0 Å². The van der Waals surface area contributed by atoms with Gasteiger partial charge in [0.25, 0.3) is 6.43 Å². The van der Waals surface area contributed by atoms with Crippen molar-refractivity contribution in [2.75, 3.05) is 5.73 Å². The molecule has 0 atom stereocenters. The molecule has 0 saturated heterocycles. The van der Waals surface area contributed by atoms with Crippen molar-refractivity contribution in [1.29, 1.82) is 0 Å². The van der Waals surface area contributed by atoms with Crippen molar-refractivity contribution < 1.29 is 13.2 Å². The third-order valence-corrected chi connectivity index (χ3v) is 5.86. The lowest BCUT2D eigenvalue weighted by atomic mass is 10.1. The number of rotatable bonds is 5. The largest absolute Gasteiger partial charge is 0.383 e. The number of aromatic nitrogens is 7. The molecule has 0 aliphatic rings. The second-order valence-corrected chi connectivity index (χ2v) is 7.84. The van der Waals surface area contributed by atoms with E-state index in [-0.39, 0.29) is 5.82 Å². The van der Waals surface area contributed by atoms with Gasteiger partial charge in [0.15, 0.2) is 5.82 Å². The zero-order valence-corrected chi connectivity index (χ0v) is 18.3. The van der Waals surface area contributed by atoms with E-state index in [4.69, 9.17) is 5.73 Å². The van der Waals surface area contributed by atoms with Crippen LogP contribution in [0.4, 0.5) is 19.0 Å². The number of nitrogens with two attached hydrogens (primary N) is 1. The quantitative estimate of drug-likeness (QED) is 0.369. The van der Waals surface area contributed by atoms with Gasteiger partial charge < -0.3 is 10.3 Å². The van der Waals surface area contributed by atoms with Crippen molar-refractivity contribution in [1.82, 2.24) is 34.3 Å². The van der Waals surface area contributed by atoms with E-state index in [0.29, 0.717) is 39.0 Å². The minimum Gasteiger partial charge on any atom is -0.383 e. The molecule has 1 aromatic carbocycles.